The fourth-order valence-corrected chi connectivity index (χ4v) is 2.70. The highest BCUT2D eigenvalue weighted by molar-refractivity contribution is 7.89. The fourth-order valence-electron chi connectivity index (χ4n) is 1.53. The molecule has 0 aliphatic rings. The van der Waals surface area contributed by atoms with Gasteiger partial charge < -0.3 is 5.73 Å². The first-order valence-electron chi connectivity index (χ1n) is 5.75. The Bertz CT molecular complexity index is 240. The lowest BCUT2D eigenvalue weighted by Gasteiger charge is -2.17. The lowest BCUT2D eigenvalue weighted by atomic mass is 10.1. The van der Waals surface area contributed by atoms with Crippen molar-refractivity contribution in [2.24, 2.45) is 5.73 Å². The summed E-state index contributed by atoms with van der Waals surface area (Å²) in [5.41, 5.74) is 5.25. The molecule has 15 heavy (non-hydrogen) atoms. The zero-order valence-electron chi connectivity index (χ0n) is 9.83. The molecule has 1 atom stereocenters. The second-order valence-corrected chi connectivity index (χ2v) is 5.73. The minimum Gasteiger partial charge on any atom is -0.329 e. The first-order chi connectivity index (χ1) is 7.05. The quantitative estimate of drug-likeness (QED) is 0.632. The molecule has 0 aromatic heterocycles. The monoisotopic (exact) mass is 236 g/mol. The Kier molecular flexibility index (Phi) is 8.00. The smallest absolute Gasteiger partial charge is 0.213 e. The Hall–Kier alpha value is -0.130. The van der Waals surface area contributed by atoms with Gasteiger partial charge in [-0.2, -0.15) is 0 Å². The van der Waals surface area contributed by atoms with Crippen LogP contribution in [0, 0.1) is 0 Å². The molecule has 0 aliphatic carbocycles. The van der Waals surface area contributed by atoms with Crippen LogP contribution >= 0.6 is 0 Å². The average molecular weight is 236 g/mol. The van der Waals surface area contributed by atoms with Gasteiger partial charge in [0.15, 0.2) is 0 Å². The fraction of sp³-hybridized carbons (Fsp3) is 1.00. The molecule has 0 heterocycles. The summed E-state index contributed by atoms with van der Waals surface area (Å²) < 4.78 is 25.7. The molecule has 0 fully saturated rings. The molecule has 92 valence electrons. The van der Waals surface area contributed by atoms with E-state index in [4.69, 9.17) is 5.73 Å². The van der Waals surface area contributed by atoms with Crippen LogP contribution in [0.3, 0.4) is 0 Å². The molecular formula is C10H24N2O2S. The molecule has 0 bridgehead atoms. The molecule has 0 saturated carbocycles. The number of hydrogen-bond donors (Lipinski definition) is 2. The van der Waals surface area contributed by atoms with Crippen molar-refractivity contribution >= 4 is 10.0 Å². The summed E-state index contributed by atoms with van der Waals surface area (Å²) in [5, 5.41) is 0. The second kappa shape index (κ2) is 8.07. The Morgan fingerprint density at radius 3 is 2.33 bits per heavy atom. The van der Waals surface area contributed by atoms with Crippen molar-refractivity contribution in [1.29, 1.82) is 0 Å². The number of nitrogens with two attached hydrogens (primary N) is 1. The van der Waals surface area contributed by atoms with E-state index in [1.807, 2.05) is 0 Å². The average Bonchev–Trinajstić information content (AvgIpc) is 2.14. The van der Waals surface area contributed by atoms with Gasteiger partial charge in [0.2, 0.25) is 10.0 Å². The topological polar surface area (TPSA) is 72.2 Å². The van der Waals surface area contributed by atoms with Crippen LogP contribution in [0.25, 0.3) is 0 Å². The van der Waals surface area contributed by atoms with E-state index < -0.39 is 10.0 Å². The molecule has 4 nitrogen and oxygen atoms in total. The van der Waals surface area contributed by atoms with E-state index in [0.717, 1.165) is 32.1 Å². The Morgan fingerprint density at radius 2 is 1.87 bits per heavy atom. The van der Waals surface area contributed by atoms with E-state index in [1.54, 1.807) is 0 Å². The Balaban J connectivity index is 4.13. The molecule has 5 heteroatoms. The van der Waals surface area contributed by atoms with Gasteiger partial charge in [0.25, 0.3) is 0 Å². The summed E-state index contributed by atoms with van der Waals surface area (Å²) in [5.74, 6) is 0.0271. The molecule has 0 radical (unpaired) electrons. The summed E-state index contributed by atoms with van der Waals surface area (Å²) in [6, 6.07) is 0.0894. The highest BCUT2D eigenvalue weighted by Crippen LogP contribution is 2.08. The van der Waals surface area contributed by atoms with Gasteiger partial charge >= 0.3 is 0 Å². The van der Waals surface area contributed by atoms with Crippen LogP contribution in [0.5, 0.6) is 0 Å². The van der Waals surface area contributed by atoms with Gasteiger partial charge in [-0.15, -0.1) is 0 Å². The van der Waals surface area contributed by atoms with Crippen LogP contribution in [0.4, 0.5) is 0 Å². The van der Waals surface area contributed by atoms with Crippen LogP contribution in [0.15, 0.2) is 0 Å². The minimum atomic E-state index is -3.16. The van der Waals surface area contributed by atoms with E-state index in [9.17, 15) is 8.42 Å². The number of sulfonamides is 1. The van der Waals surface area contributed by atoms with Crippen LogP contribution in [-0.2, 0) is 10.0 Å². The van der Waals surface area contributed by atoms with Crippen molar-refractivity contribution in [1.82, 2.24) is 4.72 Å². The van der Waals surface area contributed by atoms with Crippen molar-refractivity contribution in [3.63, 3.8) is 0 Å². The molecular weight excluding hydrogens is 212 g/mol. The standard InChI is InChI=1S/C10H24N2O2S/c1-3-5-7-10(6-4-2)12-15(13,14)9-8-11/h10,12H,3-9,11H2,1-2H3. The first kappa shape index (κ1) is 14.9. The zero-order chi connectivity index (χ0) is 11.7. The van der Waals surface area contributed by atoms with Gasteiger partial charge in [0, 0.05) is 12.6 Å². The molecule has 0 amide bonds. The Labute approximate surface area is 93.7 Å². The maximum atomic E-state index is 11.5. The van der Waals surface area contributed by atoms with Crippen molar-refractivity contribution in [3.05, 3.63) is 0 Å². The molecule has 3 N–H and O–H groups in total. The van der Waals surface area contributed by atoms with Gasteiger partial charge in [0.1, 0.15) is 0 Å². The highest BCUT2D eigenvalue weighted by atomic mass is 32.2. The van der Waals surface area contributed by atoms with Gasteiger partial charge in [-0.3, -0.25) is 0 Å². The van der Waals surface area contributed by atoms with Gasteiger partial charge in [-0.1, -0.05) is 33.1 Å². The third kappa shape index (κ3) is 7.76. The molecule has 0 rings (SSSR count). The predicted molar refractivity (Wildman–Crippen MR) is 64.2 cm³/mol. The van der Waals surface area contributed by atoms with Gasteiger partial charge in [-0.25, -0.2) is 13.1 Å². The molecule has 0 aliphatic heterocycles. The van der Waals surface area contributed by atoms with Gasteiger partial charge in [0.05, 0.1) is 5.75 Å². The van der Waals surface area contributed by atoms with Crippen molar-refractivity contribution < 1.29 is 8.42 Å². The predicted octanol–water partition coefficient (Wildman–Crippen LogP) is 1.22. The summed E-state index contributed by atoms with van der Waals surface area (Å²) in [6.45, 7) is 4.36. The first-order valence-corrected chi connectivity index (χ1v) is 7.41. The highest BCUT2D eigenvalue weighted by Gasteiger charge is 2.15. The molecule has 0 spiro atoms. The van der Waals surface area contributed by atoms with Crippen molar-refractivity contribution in [3.8, 4) is 0 Å². The zero-order valence-corrected chi connectivity index (χ0v) is 10.6. The van der Waals surface area contributed by atoms with E-state index in [2.05, 4.69) is 18.6 Å². The van der Waals surface area contributed by atoms with Crippen LogP contribution in [0.1, 0.15) is 46.0 Å². The molecule has 0 saturated heterocycles. The lowest BCUT2D eigenvalue weighted by molar-refractivity contribution is 0.483. The largest absolute Gasteiger partial charge is 0.329 e. The number of hydrogen-bond acceptors (Lipinski definition) is 3. The van der Waals surface area contributed by atoms with E-state index in [-0.39, 0.29) is 18.3 Å². The van der Waals surface area contributed by atoms with E-state index in [1.165, 1.54) is 0 Å². The van der Waals surface area contributed by atoms with E-state index in [0.29, 0.717) is 0 Å². The summed E-state index contributed by atoms with van der Waals surface area (Å²) in [6.07, 6.45) is 4.99. The van der Waals surface area contributed by atoms with Crippen LogP contribution < -0.4 is 10.5 Å². The Morgan fingerprint density at radius 1 is 1.20 bits per heavy atom. The maximum absolute atomic E-state index is 11.5. The number of unbranched alkanes of at least 4 members (excludes halogenated alkanes) is 1. The van der Waals surface area contributed by atoms with Gasteiger partial charge in [-0.05, 0) is 12.8 Å². The van der Waals surface area contributed by atoms with Crippen LogP contribution in [0.2, 0.25) is 0 Å². The molecule has 0 aromatic rings. The van der Waals surface area contributed by atoms with E-state index >= 15 is 0 Å². The third-order valence-corrected chi connectivity index (χ3v) is 3.74. The summed E-state index contributed by atoms with van der Waals surface area (Å²) in [4.78, 5) is 0. The summed E-state index contributed by atoms with van der Waals surface area (Å²) in [7, 11) is -3.16. The second-order valence-electron chi connectivity index (χ2n) is 3.85. The number of nitrogens with one attached hydrogen (secondary N) is 1. The van der Waals surface area contributed by atoms with Crippen LogP contribution in [-0.4, -0.2) is 26.8 Å². The SMILES string of the molecule is CCCCC(CCC)NS(=O)(=O)CCN. The molecule has 1 unspecified atom stereocenters. The minimum absolute atomic E-state index is 0.0271. The normalized spacial score (nSPS) is 14.1. The molecule has 0 aromatic carbocycles. The van der Waals surface area contributed by atoms with Crippen molar-refractivity contribution in [2.75, 3.05) is 12.3 Å². The third-order valence-electron chi connectivity index (χ3n) is 2.28. The maximum Gasteiger partial charge on any atom is 0.213 e. The summed E-state index contributed by atoms with van der Waals surface area (Å²) >= 11 is 0. The number of rotatable bonds is 9. The lowest BCUT2D eigenvalue weighted by Crippen LogP contribution is -2.38. The van der Waals surface area contributed by atoms with Crippen molar-refractivity contribution in [2.45, 2.75) is 52.0 Å².